The molecule has 1 atom stereocenters. The molecule has 5 aromatic rings. The van der Waals surface area contributed by atoms with E-state index in [9.17, 15) is 0 Å². The summed E-state index contributed by atoms with van der Waals surface area (Å²) in [6, 6.07) is 45.1. The van der Waals surface area contributed by atoms with E-state index < -0.39 is 16.1 Å². The molecule has 0 N–H and O–H groups in total. The average Bonchev–Trinajstić information content (AvgIpc) is 3.68. The van der Waals surface area contributed by atoms with Crippen molar-refractivity contribution < 1.29 is 16.1 Å². The molecule has 0 bridgehead atoms. The van der Waals surface area contributed by atoms with Crippen LogP contribution in [-0.4, -0.2) is 4.31 Å². The van der Waals surface area contributed by atoms with Crippen molar-refractivity contribution in [2.75, 3.05) is 0 Å². The van der Waals surface area contributed by atoms with Crippen molar-refractivity contribution in [1.82, 2.24) is 0 Å². The molecule has 2 aliphatic rings. The van der Waals surface area contributed by atoms with Gasteiger partial charge in [-0.25, -0.2) is 0 Å². The van der Waals surface area contributed by atoms with E-state index in [4.69, 9.17) is 0 Å². The fourth-order valence-electron chi connectivity index (χ4n) is 6.82. The second-order valence-electron chi connectivity index (χ2n) is 10.6. The first kappa shape index (κ1) is 29.2. The molecule has 0 fully saturated rings. The SMILES string of the molecule is C[CH]=[Ti]([C]1=CC=CC1)([c]1ccccc1)[c]1c(-c2ccccc2)ccc2c1Cc1cc(-c3ccccc3)ccc1-2.Cl.Cl. The molecule has 3 heteroatoms. The summed E-state index contributed by atoms with van der Waals surface area (Å²) in [4.78, 5) is 0. The fourth-order valence-corrected chi connectivity index (χ4v) is 14.4. The third-order valence-corrected chi connectivity index (χ3v) is 16.2. The van der Waals surface area contributed by atoms with Gasteiger partial charge in [-0.05, 0) is 0 Å². The minimum absolute atomic E-state index is 0. The molecule has 0 aromatic heterocycles. The van der Waals surface area contributed by atoms with Crippen molar-refractivity contribution in [3.63, 3.8) is 0 Å². The first-order chi connectivity index (χ1) is 19.3. The van der Waals surface area contributed by atoms with Gasteiger partial charge in [0.05, 0.1) is 0 Å². The van der Waals surface area contributed by atoms with Crippen LogP contribution in [0.2, 0.25) is 0 Å². The van der Waals surface area contributed by atoms with Gasteiger partial charge in [-0.2, -0.15) is 0 Å². The first-order valence-corrected chi connectivity index (χ1v) is 17.2. The van der Waals surface area contributed by atoms with Crippen LogP contribution >= 0.6 is 24.8 Å². The van der Waals surface area contributed by atoms with E-state index in [-0.39, 0.29) is 24.8 Å². The number of hydrogen-bond donors (Lipinski definition) is 0. The van der Waals surface area contributed by atoms with E-state index in [0.717, 1.165) is 12.8 Å². The van der Waals surface area contributed by atoms with Gasteiger partial charge in [0.15, 0.2) is 0 Å². The van der Waals surface area contributed by atoms with Gasteiger partial charge in [-0.3, -0.25) is 0 Å². The molecule has 41 heavy (non-hydrogen) atoms. The van der Waals surface area contributed by atoms with Crippen LogP contribution in [0.15, 0.2) is 143 Å². The summed E-state index contributed by atoms with van der Waals surface area (Å²) >= 11 is -3.15. The third-order valence-electron chi connectivity index (χ3n) is 8.60. The van der Waals surface area contributed by atoms with Gasteiger partial charge in [0.1, 0.15) is 0 Å². The minimum atomic E-state index is -3.15. The Bertz CT molecular complexity index is 1800. The van der Waals surface area contributed by atoms with Gasteiger partial charge in [0.25, 0.3) is 0 Å². The van der Waals surface area contributed by atoms with Crippen molar-refractivity contribution in [2.24, 2.45) is 0 Å². The monoisotopic (exact) mass is 607 g/mol. The molecule has 1 unspecified atom stereocenters. The molecule has 0 radical (unpaired) electrons. The number of fused-ring (bicyclic) bond motifs is 3. The van der Waals surface area contributed by atoms with Crippen LogP contribution in [0.25, 0.3) is 33.4 Å². The van der Waals surface area contributed by atoms with Crippen LogP contribution in [0.3, 0.4) is 0 Å². The molecule has 0 saturated carbocycles. The van der Waals surface area contributed by atoms with Crippen molar-refractivity contribution in [2.45, 2.75) is 19.8 Å². The number of halogens is 2. The smallest absolute Gasteiger partial charge is 0.147 e. The molecule has 0 amide bonds. The Morgan fingerprint density at radius 2 is 1.22 bits per heavy atom. The predicted octanol–water partition coefficient (Wildman–Crippen LogP) is 9.21. The van der Waals surface area contributed by atoms with E-state index in [1.807, 2.05) is 0 Å². The zero-order chi connectivity index (χ0) is 26.2. The van der Waals surface area contributed by atoms with Crippen molar-refractivity contribution in [1.29, 1.82) is 0 Å². The van der Waals surface area contributed by atoms with E-state index in [1.165, 1.54) is 48.4 Å². The summed E-state index contributed by atoms with van der Waals surface area (Å²) in [5.41, 5.74) is 11.1. The summed E-state index contributed by atoms with van der Waals surface area (Å²) in [6.07, 6.45) is 9.07. The van der Waals surface area contributed by atoms with Gasteiger partial charge in [-0.1, -0.05) is 0 Å². The Labute approximate surface area is 259 Å². The minimum Gasteiger partial charge on any atom is -0.147 e. The first-order valence-electron chi connectivity index (χ1n) is 13.9. The van der Waals surface area contributed by atoms with E-state index >= 15 is 0 Å². The number of rotatable bonds is 5. The van der Waals surface area contributed by atoms with E-state index in [0.29, 0.717) is 0 Å². The van der Waals surface area contributed by atoms with Crippen LogP contribution in [0.5, 0.6) is 0 Å². The van der Waals surface area contributed by atoms with Gasteiger partial charge in [0, 0.05) is 0 Å². The van der Waals surface area contributed by atoms with Gasteiger partial charge < -0.3 is 0 Å². The van der Waals surface area contributed by atoms with E-state index in [1.54, 1.807) is 7.75 Å². The Balaban J connectivity index is 0.00000169. The molecular weight excluding hydrogens is 575 g/mol. The summed E-state index contributed by atoms with van der Waals surface area (Å²) < 4.78 is 7.38. The Hall–Kier alpha value is -3.26. The quantitative estimate of drug-likeness (QED) is 0.171. The predicted molar refractivity (Wildman–Crippen MR) is 179 cm³/mol. The normalized spacial score (nSPS) is 14.1. The van der Waals surface area contributed by atoms with Gasteiger partial charge in [-0.15, -0.1) is 24.8 Å². The van der Waals surface area contributed by atoms with Crippen molar-refractivity contribution in [3.05, 3.63) is 155 Å². The average molecular weight is 608 g/mol. The molecule has 0 aliphatic heterocycles. The fraction of sp³-hybridized carbons (Fsp3) is 0.0789. The molecular formula is C38H33Cl2Ti. The molecule has 0 nitrogen and oxygen atoms in total. The largest absolute Gasteiger partial charge is 0.147 e. The van der Waals surface area contributed by atoms with Gasteiger partial charge in [0.2, 0.25) is 0 Å². The zero-order valence-corrected chi connectivity index (χ0v) is 26.3. The maximum absolute atomic E-state index is 3.15. The van der Waals surface area contributed by atoms with Crippen molar-refractivity contribution >= 4 is 36.9 Å². The van der Waals surface area contributed by atoms with Crippen LogP contribution in [0.4, 0.5) is 0 Å². The van der Waals surface area contributed by atoms with E-state index in [2.05, 4.69) is 151 Å². The Morgan fingerprint density at radius 3 is 1.85 bits per heavy atom. The van der Waals surface area contributed by atoms with Crippen LogP contribution in [0, 0.1) is 0 Å². The van der Waals surface area contributed by atoms with Gasteiger partial charge >= 0.3 is 236 Å². The maximum atomic E-state index is 2.63. The molecule has 7 rings (SSSR count). The second-order valence-corrected chi connectivity index (χ2v) is 16.7. The summed E-state index contributed by atoms with van der Waals surface area (Å²) in [5.74, 6) is 0. The summed E-state index contributed by atoms with van der Waals surface area (Å²) in [5, 5.41) is 0. The van der Waals surface area contributed by atoms with Crippen molar-refractivity contribution in [3.8, 4) is 33.4 Å². The number of hydrogen-bond acceptors (Lipinski definition) is 0. The molecule has 5 aromatic carbocycles. The number of benzene rings is 5. The van der Waals surface area contributed by atoms with Crippen LogP contribution in [0.1, 0.15) is 24.5 Å². The molecule has 0 saturated heterocycles. The Kier molecular flexibility index (Phi) is 8.78. The topological polar surface area (TPSA) is 0 Å². The van der Waals surface area contributed by atoms with Crippen LogP contribution < -0.4 is 7.74 Å². The summed E-state index contributed by atoms with van der Waals surface area (Å²) in [6.45, 7) is 2.33. The second kappa shape index (κ2) is 12.3. The Morgan fingerprint density at radius 1 is 0.610 bits per heavy atom. The third kappa shape index (κ3) is 4.94. The maximum Gasteiger partial charge on any atom is -0.147 e. The molecule has 0 heterocycles. The number of allylic oxidation sites excluding steroid dienone is 4. The zero-order valence-electron chi connectivity index (χ0n) is 23.1. The van der Waals surface area contributed by atoms with Crippen LogP contribution in [-0.2, 0) is 22.5 Å². The molecule has 0 spiro atoms. The summed E-state index contributed by atoms with van der Waals surface area (Å²) in [7, 11) is 0. The molecule has 203 valence electrons. The molecule has 2 aliphatic carbocycles. The standard InChI is InChI=1S/C25H17.C6H5.C5H5.C2H4.2ClH.Ti/c1-3-7-18(8-4-1)20-11-13-24-22(15-20)17-23-16-21(12-14-25(23)24)19-9-5-2-6-10-19;1-2-4-6-5-3-1;1-2-4-5-3-1;1-2;;;/h1-15H,17H2;1-5H;1-3H,4H2;1H,2H3;2*1H;.